The van der Waals surface area contributed by atoms with Crippen LogP contribution in [0.15, 0.2) is 59.1 Å². The molecule has 1 aliphatic heterocycles. The van der Waals surface area contributed by atoms with Crippen molar-refractivity contribution in [2.45, 2.75) is 26.3 Å². The number of hydrogen-bond donors (Lipinski definition) is 1. The number of aromatic nitrogens is 1. The van der Waals surface area contributed by atoms with Gasteiger partial charge in [-0.25, -0.2) is 0 Å². The van der Waals surface area contributed by atoms with Crippen LogP contribution in [0.4, 0.5) is 5.69 Å². The van der Waals surface area contributed by atoms with Crippen molar-refractivity contribution in [2.24, 2.45) is 0 Å². The molecule has 1 fully saturated rings. The summed E-state index contributed by atoms with van der Waals surface area (Å²) in [6.45, 7) is 3.10. The van der Waals surface area contributed by atoms with Crippen LogP contribution in [0.3, 0.4) is 0 Å². The molecule has 4 rings (SSSR count). The molecular weight excluding hydrogens is 354 g/mol. The van der Waals surface area contributed by atoms with Gasteiger partial charge in [0.15, 0.2) is 0 Å². The van der Waals surface area contributed by atoms with Crippen LogP contribution in [-0.2, 0) is 11.3 Å². The normalized spacial score (nSPS) is 13.8. The molecule has 142 valence electrons. The minimum Gasteiger partial charge on any atom is -0.350 e. The van der Waals surface area contributed by atoms with Crippen molar-refractivity contribution in [1.82, 2.24) is 10.5 Å². The van der Waals surface area contributed by atoms with Crippen molar-refractivity contribution in [3.8, 4) is 11.3 Å². The predicted octanol–water partition coefficient (Wildman–Crippen LogP) is 3.71. The second kappa shape index (κ2) is 7.68. The molecular formula is C22H21N3O3. The minimum absolute atomic E-state index is 0.145. The Labute approximate surface area is 163 Å². The Hall–Kier alpha value is -3.41. The van der Waals surface area contributed by atoms with E-state index in [2.05, 4.69) is 10.5 Å². The van der Waals surface area contributed by atoms with Crippen LogP contribution in [0.1, 0.15) is 34.5 Å². The zero-order valence-electron chi connectivity index (χ0n) is 15.6. The molecule has 6 nitrogen and oxygen atoms in total. The van der Waals surface area contributed by atoms with E-state index in [4.69, 9.17) is 4.52 Å². The van der Waals surface area contributed by atoms with E-state index in [1.165, 1.54) is 0 Å². The number of hydrogen-bond acceptors (Lipinski definition) is 4. The molecule has 3 aromatic rings. The Balaban J connectivity index is 1.41. The lowest BCUT2D eigenvalue weighted by Crippen LogP contribution is -2.25. The molecule has 2 aromatic carbocycles. The first kappa shape index (κ1) is 18.0. The molecule has 1 aliphatic rings. The highest BCUT2D eigenvalue weighted by Gasteiger charge is 2.21. The fraction of sp³-hybridized carbons (Fsp3) is 0.227. The Kier molecular flexibility index (Phi) is 4.93. The van der Waals surface area contributed by atoms with Gasteiger partial charge in [-0.2, -0.15) is 0 Å². The van der Waals surface area contributed by atoms with Crippen molar-refractivity contribution in [3.05, 3.63) is 71.5 Å². The third-order valence-electron chi connectivity index (χ3n) is 4.83. The molecule has 2 amide bonds. The van der Waals surface area contributed by atoms with Crippen molar-refractivity contribution in [3.63, 3.8) is 0 Å². The average molecular weight is 375 g/mol. The molecule has 28 heavy (non-hydrogen) atoms. The van der Waals surface area contributed by atoms with E-state index in [9.17, 15) is 9.59 Å². The lowest BCUT2D eigenvalue weighted by Gasteiger charge is -2.16. The summed E-state index contributed by atoms with van der Waals surface area (Å²) in [5.41, 5.74) is 4.47. The van der Waals surface area contributed by atoms with Gasteiger partial charge in [0, 0.05) is 36.8 Å². The van der Waals surface area contributed by atoms with Crippen molar-refractivity contribution in [2.75, 3.05) is 11.4 Å². The van der Waals surface area contributed by atoms with Crippen molar-refractivity contribution in [1.29, 1.82) is 0 Å². The molecule has 0 radical (unpaired) electrons. The summed E-state index contributed by atoms with van der Waals surface area (Å²) >= 11 is 0. The summed E-state index contributed by atoms with van der Waals surface area (Å²) < 4.78 is 5.20. The lowest BCUT2D eigenvalue weighted by molar-refractivity contribution is -0.117. The summed E-state index contributed by atoms with van der Waals surface area (Å²) in [7, 11) is 0. The molecule has 0 atom stereocenters. The van der Waals surface area contributed by atoms with Gasteiger partial charge in [-0.15, -0.1) is 0 Å². The Morgan fingerprint density at radius 3 is 2.75 bits per heavy atom. The van der Waals surface area contributed by atoms with Gasteiger partial charge < -0.3 is 14.7 Å². The molecule has 0 aliphatic carbocycles. The largest absolute Gasteiger partial charge is 0.350 e. The standard InChI is InChI=1S/C22H21N3O3/c1-15-7-9-17(10-8-15)19-13-20(28-24-19)22(27)23-14-16-4-2-5-18(12-16)25-11-3-6-21(25)26/h2,4-5,7-10,12-13H,3,6,11,14H2,1H3,(H,23,27). The predicted molar refractivity (Wildman–Crippen MR) is 106 cm³/mol. The van der Waals surface area contributed by atoms with E-state index >= 15 is 0 Å². The fourth-order valence-corrected chi connectivity index (χ4v) is 3.27. The van der Waals surface area contributed by atoms with E-state index in [1.807, 2.05) is 55.5 Å². The smallest absolute Gasteiger partial charge is 0.290 e. The van der Waals surface area contributed by atoms with Gasteiger partial charge in [-0.05, 0) is 31.0 Å². The maximum absolute atomic E-state index is 12.4. The van der Waals surface area contributed by atoms with E-state index in [-0.39, 0.29) is 17.6 Å². The van der Waals surface area contributed by atoms with Gasteiger partial charge in [-0.3, -0.25) is 9.59 Å². The van der Waals surface area contributed by atoms with Crippen LogP contribution < -0.4 is 10.2 Å². The highest BCUT2D eigenvalue weighted by Crippen LogP contribution is 2.23. The molecule has 6 heteroatoms. The van der Waals surface area contributed by atoms with Crippen molar-refractivity contribution < 1.29 is 14.1 Å². The molecule has 0 saturated carbocycles. The van der Waals surface area contributed by atoms with Crippen LogP contribution in [-0.4, -0.2) is 23.5 Å². The quantitative estimate of drug-likeness (QED) is 0.738. The molecule has 1 saturated heterocycles. The van der Waals surface area contributed by atoms with Crippen LogP contribution >= 0.6 is 0 Å². The zero-order valence-corrected chi connectivity index (χ0v) is 15.6. The molecule has 0 unspecified atom stereocenters. The topological polar surface area (TPSA) is 75.4 Å². The first-order valence-electron chi connectivity index (χ1n) is 9.31. The van der Waals surface area contributed by atoms with E-state index in [1.54, 1.807) is 11.0 Å². The highest BCUT2D eigenvalue weighted by molar-refractivity contribution is 5.95. The zero-order chi connectivity index (χ0) is 19.5. The second-order valence-electron chi connectivity index (χ2n) is 6.94. The van der Waals surface area contributed by atoms with Gasteiger partial charge in [0.1, 0.15) is 5.69 Å². The summed E-state index contributed by atoms with van der Waals surface area (Å²) in [5, 5.41) is 6.83. The van der Waals surface area contributed by atoms with Gasteiger partial charge in [0.05, 0.1) is 0 Å². The molecule has 0 spiro atoms. The highest BCUT2D eigenvalue weighted by atomic mass is 16.5. The molecule has 1 N–H and O–H groups in total. The first-order chi connectivity index (χ1) is 13.6. The van der Waals surface area contributed by atoms with Crippen LogP contribution in [0.2, 0.25) is 0 Å². The number of carbonyl (C=O) groups excluding carboxylic acids is 2. The summed E-state index contributed by atoms with van der Waals surface area (Å²) in [5.74, 6) is -0.0126. The fourth-order valence-electron chi connectivity index (χ4n) is 3.27. The van der Waals surface area contributed by atoms with E-state index in [0.717, 1.165) is 35.3 Å². The molecule has 0 bridgehead atoms. The minimum atomic E-state index is -0.325. The Bertz CT molecular complexity index is 1010. The second-order valence-corrected chi connectivity index (χ2v) is 6.94. The van der Waals surface area contributed by atoms with Gasteiger partial charge in [-0.1, -0.05) is 47.1 Å². The number of anilines is 1. The number of benzene rings is 2. The van der Waals surface area contributed by atoms with Crippen LogP contribution in [0, 0.1) is 6.92 Å². The summed E-state index contributed by atoms with van der Waals surface area (Å²) in [4.78, 5) is 26.1. The van der Waals surface area contributed by atoms with Crippen LogP contribution in [0.25, 0.3) is 11.3 Å². The van der Waals surface area contributed by atoms with E-state index in [0.29, 0.717) is 18.7 Å². The van der Waals surface area contributed by atoms with Crippen LogP contribution in [0.5, 0.6) is 0 Å². The SMILES string of the molecule is Cc1ccc(-c2cc(C(=O)NCc3cccc(N4CCCC4=O)c3)on2)cc1. The Morgan fingerprint density at radius 2 is 2.00 bits per heavy atom. The first-order valence-corrected chi connectivity index (χ1v) is 9.31. The summed E-state index contributed by atoms with van der Waals surface area (Å²) in [6.07, 6.45) is 1.48. The number of aryl methyl sites for hydroxylation is 1. The average Bonchev–Trinajstić information content (AvgIpc) is 3.36. The van der Waals surface area contributed by atoms with Gasteiger partial charge in [0.2, 0.25) is 11.7 Å². The number of amides is 2. The Morgan fingerprint density at radius 1 is 1.18 bits per heavy atom. The number of nitrogens with one attached hydrogen (secondary N) is 1. The number of nitrogens with zero attached hydrogens (tertiary/aromatic N) is 2. The molecule has 2 heterocycles. The van der Waals surface area contributed by atoms with Gasteiger partial charge in [0.25, 0.3) is 5.91 Å². The maximum Gasteiger partial charge on any atom is 0.290 e. The monoisotopic (exact) mass is 375 g/mol. The van der Waals surface area contributed by atoms with Gasteiger partial charge >= 0.3 is 0 Å². The third kappa shape index (κ3) is 3.81. The number of carbonyl (C=O) groups is 2. The van der Waals surface area contributed by atoms with Crippen molar-refractivity contribution >= 4 is 17.5 Å². The van der Waals surface area contributed by atoms with E-state index < -0.39 is 0 Å². The lowest BCUT2D eigenvalue weighted by atomic mass is 10.1. The third-order valence-corrected chi connectivity index (χ3v) is 4.83. The maximum atomic E-state index is 12.4. The number of rotatable bonds is 5. The summed E-state index contributed by atoms with van der Waals surface area (Å²) in [6, 6.07) is 17.2. The molecule has 1 aromatic heterocycles.